The van der Waals surface area contributed by atoms with Gasteiger partial charge in [0.15, 0.2) is 0 Å². The van der Waals surface area contributed by atoms with Crippen LogP contribution in [0.5, 0.6) is 0 Å². The fraction of sp³-hybridized carbons (Fsp3) is 0.444. The molecule has 0 bridgehead atoms. The molecule has 35 heavy (non-hydrogen) atoms. The average Bonchev–Trinajstić information content (AvgIpc) is 3.32. The number of carbonyl (C=O) groups is 1. The Morgan fingerprint density at radius 1 is 1.17 bits per heavy atom. The van der Waals surface area contributed by atoms with E-state index in [0.717, 1.165) is 36.0 Å². The molecule has 0 aliphatic carbocycles. The van der Waals surface area contributed by atoms with Crippen LogP contribution in [0.1, 0.15) is 37.9 Å². The summed E-state index contributed by atoms with van der Waals surface area (Å²) in [6, 6.07) is 15.4. The van der Waals surface area contributed by atoms with Crippen molar-refractivity contribution in [1.82, 2.24) is 20.0 Å². The largest absolute Gasteiger partial charge is 0.383 e. The van der Waals surface area contributed by atoms with Crippen LogP contribution < -0.4 is 10.9 Å². The van der Waals surface area contributed by atoms with E-state index in [-0.39, 0.29) is 17.5 Å². The smallest absolute Gasteiger partial charge is 0.274 e. The van der Waals surface area contributed by atoms with Gasteiger partial charge in [0.1, 0.15) is 0 Å². The molecular formula is C27H33ClN4O3. The summed E-state index contributed by atoms with van der Waals surface area (Å²) in [7, 11) is 1.61. The van der Waals surface area contributed by atoms with E-state index in [1.54, 1.807) is 11.8 Å². The Labute approximate surface area is 211 Å². The van der Waals surface area contributed by atoms with Gasteiger partial charge >= 0.3 is 0 Å². The summed E-state index contributed by atoms with van der Waals surface area (Å²) in [4.78, 5) is 28.6. The highest BCUT2D eigenvalue weighted by Gasteiger charge is 2.41. The van der Waals surface area contributed by atoms with Crippen LogP contribution in [-0.2, 0) is 22.5 Å². The van der Waals surface area contributed by atoms with Gasteiger partial charge < -0.3 is 10.1 Å². The van der Waals surface area contributed by atoms with Crippen molar-refractivity contribution in [3.8, 4) is 0 Å². The van der Waals surface area contributed by atoms with Crippen molar-refractivity contribution in [2.24, 2.45) is 0 Å². The molecule has 4 rings (SSSR count). The molecule has 1 N–H and O–H groups in total. The molecule has 0 radical (unpaired) electrons. The molecule has 3 aromatic rings. The fourth-order valence-electron chi connectivity index (χ4n) is 4.93. The van der Waals surface area contributed by atoms with Crippen LogP contribution in [0.15, 0.2) is 53.3 Å². The first-order chi connectivity index (χ1) is 16.8. The van der Waals surface area contributed by atoms with Gasteiger partial charge in [0.2, 0.25) is 5.91 Å². The molecule has 2 aromatic carbocycles. The van der Waals surface area contributed by atoms with E-state index in [1.165, 1.54) is 0 Å². The summed E-state index contributed by atoms with van der Waals surface area (Å²) in [6.45, 7) is 6.06. The second kappa shape index (κ2) is 10.9. The minimum absolute atomic E-state index is 0.0351. The van der Waals surface area contributed by atoms with Crippen molar-refractivity contribution in [3.05, 3.63) is 75.2 Å². The quantitative estimate of drug-likeness (QED) is 0.458. The molecule has 1 saturated heterocycles. The van der Waals surface area contributed by atoms with Crippen molar-refractivity contribution < 1.29 is 9.53 Å². The summed E-state index contributed by atoms with van der Waals surface area (Å²) < 4.78 is 6.65. The van der Waals surface area contributed by atoms with Gasteiger partial charge in [-0.3, -0.25) is 14.5 Å². The Hall–Kier alpha value is -2.74. The van der Waals surface area contributed by atoms with Crippen molar-refractivity contribution in [1.29, 1.82) is 0 Å². The first-order valence-corrected chi connectivity index (χ1v) is 12.5. The summed E-state index contributed by atoms with van der Waals surface area (Å²) in [6.07, 6.45) is 2.47. The lowest BCUT2D eigenvalue weighted by Gasteiger charge is -2.38. The highest BCUT2D eigenvalue weighted by atomic mass is 35.5. The zero-order valence-corrected chi connectivity index (χ0v) is 21.3. The molecule has 1 fully saturated rings. The first-order valence-electron chi connectivity index (χ1n) is 12.1. The van der Waals surface area contributed by atoms with Gasteiger partial charge in [0.05, 0.1) is 29.8 Å². The number of rotatable bonds is 9. The van der Waals surface area contributed by atoms with Gasteiger partial charge in [-0.2, -0.15) is 5.10 Å². The number of nitrogens with zero attached hydrogens (tertiary/aromatic N) is 3. The predicted octanol–water partition coefficient (Wildman–Crippen LogP) is 3.65. The maximum Gasteiger partial charge on any atom is 0.274 e. The van der Waals surface area contributed by atoms with Gasteiger partial charge in [-0.15, -0.1) is 0 Å². The Bertz CT molecular complexity index is 1240. The molecule has 2 heterocycles. The van der Waals surface area contributed by atoms with E-state index in [9.17, 15) is 9.59 Å². The molecule has 0 saturated carbocycles. The number of fused-ring (bicyclic) bond motifs is 1. The monoisotopic (exact) mass is 496 g/mol. The van der Waals surface area contributed by atoms with Crippen LogP contribution in [-0.4, -0.2) is 59.0 Å². The summed E-state index contributed by atoms with van der Waals surface area (Å²) in [5, 5.41) is 10.0. The predicted molar refractivity (Wildman–Crippen MR) is 139 cm³/mol. The molecule has 1 atom stereocenters. The number of hydrogen-bond donors (Lipinski definition) is 1. The number of nitrogens with one attached hydrogen (secondary N) is 1. The van der Waals surface area contributed by atoms with Crippen molar-refractivity contribution >= 4 is 28.3 Å². The van der Waals surface area contributed by atoms with Crippen LogP contribution in [0.25, 0.3) is 10.8 Å². The van der Waals surface area contributed by atoms with Gasteiger partial charge in [-0.25, -0.2) is 4.68 Å². The van der Waals surface area contributed by atoms with Crippen LogP contribution in [0.3, 0.4) is 0 Å². The number of methoxy groups -OCH3 is 1. The maximum absolute atomic E-state index is 13.4. The van der Waals surface area contributed by atoms with Gasteiger partial charge in [0.25, 0.3) is 5.56 Å². The fourth-order valence-corrected chi connectivity index (χ4v) is 5.06. The lowest BCUT2D eigenvalue weighted by Crippen LogP contribution is -2.57. The van der Waals surface area contributed by atoms with Crippen molar-refractivity contribution in [3.63, 3.8) is 0 Å². The highest BCUT2D eigenvalue weighted by Crippen LogP contribution is 2.28. The summed E-state index contributed by atoms with van der Waals surface area (Å²) in [5.41, 5.74) is 1.12. The van der Waals surface area contributed by atoms with E-state index in [4.69, 9.17) is 21.4 Å². The minimum atomic E-state index is -0.707. The Balaban J connectivity index is 1.63. The van der Waals surface area contributed by atoms with Crippen molar-refractivity contribution in [2.75, 3.05) is 26.8 Å². The standard InChI is InChI=1S/C27H33ClN4O3/c1-27(2,26(34)29-14-16-35-3)31-15-6-7-21(31)18-32-25(33)23-9-5-4-8-22(23)24(30-32)17-19-10-12-20(28)13-11-19/h4-5,8-13,21H,6-7,14-18H2,1-3H3,(H,29,34)/t21-/m1/s1. The zero-order chi connectivity index (χ0) is 25.0. The summed E-state index contributed by atoms with van der Waals surface area (Å²) in [5.74, 6) is -0.0382. The van der Waals surface area contributed by atoms with Crippen LogP contribution in [0, 0.1) is 0 Å². The molecule has 186 valence electrons. The van der Waals surface area contributed by atoms with Crippen LogP contribution in [0.4, 0.5) is 0 Å². The van der Waals surface area contributed by atoms with Crippen LogP contribution in [0.2, 0.25) is 5.02 Å². The second-order valence-corrected chi connectivity index (χ2v) is 10.0. The van der Waals surface area contributed by atoms with E-state index < -0.39 is 5.54 Å². The lowest BCUT2D eigenvalue weighted by atomic mass is 10.00. The number of ether oxygens (including phenoxy) is 1. The van der Waals surface area contributed by atoms with E-state index in [1.807, 2.05) is 62.4 Å². The third-order valence-corrected chi connectivity index (χ3v) is 7.11. The number of hydrogen-bond acceptors (Lipinski definition) is 5. The van der Waals surface area contributed by atoms with E-state index in [0.29, 0.717) is 36.5 Å². The third-order valence-electron chi connectivity index (χ3n) is 6.86. The molecule has 1 aliphatic heterocycles. The number of benzene rings is 2. The number of halogens is 1. The van der Waals surface area contributed by atoms with E-state index >= 15 is 0 Å². The van der Waals surface area contributed by atoms with Crippen molar-refractivity contribution in [2.45, 2.75) is 51.2 Å². The Kier molecular flexibility index (Phi) is 7.89. The van der Waals surface area contributed by atoms with Gasteiger partial charge in [0, 0.05) is 36.5 Å². The molecule has 8 heteroatoms. The van der Waals surface area contributed by atoms with Gasteiger partial charge in [-0.05, 0) is 57.0 Å². The number of carbonyl (C=O) groups excluding carboxylic acids is 1. The SMILES string of the molecule is COCCNC(=O)C(C)(C)N1CCC[C@@H]1Cn1nc(Cc2ccc(Cl)cc2)c2ccccc2c1=O. The van der Waals surface area contributed by atoms with Crippen LogP contribution >= 0.6 is 11.6 Å². The average molecular weight is 497 g/mol. The normalized spacial score (nSPS) is 16.6. The lowest BCUT2D eigenvalue weighted by molar-refractivity contribution is -0.132. The topological polar surface area (TPSA) is 76.5 Å². The molecular weight excluding hydrogens is 464 g/mol. The molecule has 0 unspecified atom stereocenters. The highest BCUT2D eigenvalue weighted by molar-refractivity contribution is 6.30. The maximum atomic E-state index is 13.4. The number of amides is 1. The minimum Gasteiger partial charge on any atom is -0.383 e. The molecule has 1 aliphatic rings. The number of aromatic nitrogens is 2. The number of likely N-dealkylation sites (tertiary alicyclic amines) is 1. The molecule has 7 nitrogen and oxygen atoms in total. The zero-order valence-electron chi connectivity index (χ0n) is 20.6. The summed E-state index contributed by atoms with van der Waals surface area (Å²) >= 11 is 6.06. The molecule has 1 amide bonds. The third kappa shape index (κ3) is 5.58. The molecule has 1 aromatic heterocycles. The molecule has 0 spiro atoms. The Morgan fingerprint density at radius 2 is 1.89 bits per heavy atom. The van der Waals surface area contributed by atoms with E-state index in [2.05, 4.69) is 10.2 Å². The Morgan fingerprint density at radius 3 is 2.60 bits per heavy atom. The van der Waals surface area contributed by atoms with Gasteiger partial charge in [-0.1, -0.05) is 41.9 Å². The first kappa shape index (κ1) is 25.4. The second-order valence-electron chi connectivity index (χ2n) is 9.58.